The van der Waals surface area contributed by atoms with Crippen molar-refractivity contribution >= 4 is 22.6 Å². The van der Waals surface area contributed by atoms with E-state index in [2.05, 4.69) is 15.3 Å². The van der Waals surface area contributed by atoms with E-state index in [0.29, 0.717) is 44.7 Å². The minimum absolute atomic E-state index is 0.182. The van der Waals surface area contributed by atoms with Crippen LogP contribution in [0.15, 0.2) is 77.9 Å². The summed E-state index contributed by atoms with van der Waals surface area (Å²) in [4.78, 5) is 33.8. The molecule has 2 aromatic carbocycles. The number of aromatic amines is 1. The molecule has 0 bridgehead atoms. The van der Waals surface area contributed by atoms with Crippen LogP contribution >= 0.6 is 0 Å². The number of nitrogens with zero attached hydrogens (tertiary/aromatic N) is 2. The highest BCUT2D eigenvalue weighted by Gasteiger charge is 2.21. The molecule has 186 valence electrons. The average molecular weight is 499 g/mol. The fourth-order valence-corrected chi connectivity index (χ4v) is 4.51. The first-order valence-electron chi connectivity index (χ1n) is 11.7. The smallest absolute Gasteiger partial charge is 0.260 e. The van der Waals surface area contributed by atoms with Crippen LogP contribution in [-0.2, 0) is 11.8 Å². The molecule has 0 spiro atoms. The van der Waals surface area contributed by atoms with Gasteiger partial charge in [0.2, 0.25) is 5.91 Å². The van der Waals surface area contributed by atoms with Crippen LogP contribution < -0.4 is 10.9 Å². The number of carbonyl (C=O) groups excluding carboxylic acids is 1. The highest BCUT2D eigenvalue weighted by Crippen LogP contribution is 2.38. The van der Waals surface area contributed by atoms with E-state index in [1.165, 1.54) is 28.8 Å². The number of aryl methyl sites for hydroxylation is 2. The van der Waals surface area contributed by atoms with E-state index in [1.54, 1.807) is 62.8 Å². The molecule has 3 heterocycles. The van der Waals surface area contributed by atoms with Crippen molar-refractivity contribution in [1.82, 2.24) is 14.5 Å². The lowest BCUT2D eigenvalue weighted by atomic mass is 9.98. The number of nitrogens with one attached hydrogen (secondary N) is 2. The number of carbonyl (C=O) groups is 1. The summed E-state index contributed by atoms with van der Waals surface area (Å²) >= 11 is 0. The number of anilines is 1. The third-order valence-electron chi connectivity index (χ3n) is 6.51. The van der Waals surface area contributed by atoms with Gasteiger partial charge in [-0.3, -0.25) is 9.59 Å². The first-order chi connectivity index (χ1) is 17.7. The Balaban J connectivity index is 1.59. The van der Waals surface area contributed by atoms with Crippen LogP contribution in [0.1, 0.15) is 24.0 Å². The zero-order chi connectivity index (χ0) is 26.3. The summed E-state index contributed by atoms with van der Waals surface area (Å²) in [5.74, 6) is -1.25. The maximum atomic E-state index is 13.7. The summed E-state index contributed by atoms with van der Waals surface area (Å²) in [7, 11) is 1.69. The summed E-state index contributed by atoms with van der Waals surface area (Å²) in [6.45, 7) is 3.64. The van der Waals surface area contributed by atoms with E-state index in [9.17, 15) is 18.4 Å². The monoisotopic (exact) mass is 498 g/mol. The molecule has 0 radical (unpaired) electrons. The van der Waals surface area contributed by atoms with Crippen LogP contribution in [-0.4, -0.2) is 20.4 Å². The second kappa shape index (κ2) is 9.46. The maximum Gasteiger partial charge on any atom is 0.260 e. The van der Waals surface area contributed by atoms with Gasteiger partial charge in [0.1, 0.15) is 17.5 Å². The van der Waals surface area contributed by atoms with Gasteiger partial charge in [0.25, 0.3) is 5.56 Å². The minimum Gasteiger partial charge on any atom is -0.354 e. The van der Waals surface area contributed by atoms with Gasteiger partial charge < -0.3 is 14.9 Å². The van der Waals surface area contributed by atoms with E-state index in [-0.39, 0.29) is 23.1 Å². The van der Waals surface area contributed by atoms with Crippen LogP contribution in [0.25, 0.3) is 33.3 Å². The Morgan fingerprint density at radius 2 is 1.65 bits per heavy atom. The number of benzene rings is 2. The van der Waals surface area contributed by atoms with Crippen molar-refractivity contribution < 1.29 is 13.6 Å². The molecule has 6 nitrogen and oxygen atoms in total. The summed E-state index contributed by atoms with van der Waals surface area (Å²) in [5, 5.41) is 3.32. The van der Waals surface area contributed by atoms with E-state index < -0.39 is 5.92 Å². The Labute approximate surface area is 211 Å². The van der Waals surface area contributed by atoms with Crippen molar-refractivity contribution in [2.45, 2.75) is 19.8 Å². The van der Waals surface area contributed by atoms with Gasteiger partial charge in [-0.25, -0.2) is 13.8 Å². The second-order valence-electron chi connectivity index (χ2n) is 9.05. The molecule has 3 aromatic heterocycles. The Morgan fingerprint density at radius 3 is 2.32 bits per heavy atom. The molecule has 0 saturated heterocycles. The molecule has 5 rings (SSSR count). The molecule has 37 heavy (non-hydrogen) atoms. The van der Waals surface area contributed by atoms with Gasteiger partial charge in [0.15, 0.2) is 0 Å². The van der Waals surface area contributed by atoms with Crippen molar-refractivity contribution in [3.05, 3.63) is 106 Å². The zero-order valence-corrected chi connectivity index (χ0v) is 20.5. The number of halogens is 2. The van der Waals surface area contributed by atoms with E-state index >= 15 is 0 Å². The molecule has 1 unspecified atom stereocenters. The third-order valence-corrected chi connectivity index (χ3v) is 6.51. The van der Waals surface area contributed by atoms with E-state index in [0.717, 1.165) is 5.56 Å². The SMILES string of the molecule is Cc1cn(C)c(=O)c2c(-c3ccc(F)cc3)c(-c3ccnc(NC(=O)C(C)c4ccc(F)cc4)c3)[nH]c12. The fourth-order valence-electron chi connectivity index (χ4n) is 4.51. The van der Waals surface area contributed by atoms with Crippen molar-refractivity contribution in [3.63, 3.8) is 0 Å². The maximum absolute atomic E-state index is 13.7. The number of rotatable bonds is 5. The van der Waals surface area contributed by atoms with Crippen LogP contribution in [0.2, 0.25) is 0 Å². The van der Waals surface area contributed by atoms with E-state index in [4.69, 9.17) is 0 Å². The lowest BCUT2D eigenvalue weighted by molar-refractivity contribution is -0.117. The molecule has 1 atom stereocenters. The van der Waals surface area contributed by atoms with Crippen LogP contribution in [0.3, 0.4) is 0 Å². The predicted octanol–water partition coefficient (Wildman–Crippen LogP) is 5.92. The number of amides is 1. The highest BCUT2D eigenvalue weighted by molar-refractivity contribution is 6.04. The summed E-state index contributed by atoms with van der Waals surface area (Å²) in [6.07, 6.45) is 3.33. The molecular weight excluding hydrogens is 474 g/mol. The molecule has 0 aliphatic carbocycles. The molecule has 0 aliphatic heterocycles. The zero-order valence-electron chi connectivity index (χ0n) is 20.5. The third kappa shape index (κ3) is 4.53. The van der Waals surface area contributed by atoms with Gasteiger partial charge in [0.05, 0.1) is 22.5 Å². The number of hydrogen-bond donors (Lipinski definition) is 2. The largest absolute Gasteiger partial charge is 0.354 e. The molecule has 0 aliphatic rings. The molecule has 0 fully saturated rings. The van der Waals surface area contributed by atoms with Crippen molar-refractivity contribution in [2.75, 3.05) is 5.32 Å². The average Bonchev–Trinajstić information content (AvgIpc) is 3.29. The first kappa shape index (κ1) is 24.1. The van der Waals surface area contributed by atoms with Gasteiger partial charge in [-0.05, 0) is 66.9 Å². The number of pyridine rings is 2. The number of aromatic nitrogens is 3. The van der Waals surface area contributed by atoms with Crippen LogP contribution in [0.5, 0.6) is 0 Å². The second-order valence-corrected chi connectivity index (χ2v) is 9.05. The van der Waals surface area contributed by atoms with E-state index in [1.807, 2.05) is 6.92 Å². The standard InChI is InChI=1S/C29H24F2N4O2/c1-16-15-35(3)29(37)25-24(19-6-10-22(31)11-7-19)27(34-26(16)25)20-12-13-32-23(14-20)33-28(36)17(2)18-4-8-21(30)9-5-18/h4-15,17,34H,1-3H3,(H,32,33,36). The topological polar surface area (TPSA) is 79.8 Å². The summed E-state index contributed by atoms with van der Waals surface area (Å²) in [5.41, 5.74) is 4.72. The van der Waals surface area contributed by atoms with Gasteiger partial charge in [-0.2, -0.15) is 0 Å². The van der Waals surface area contributed by atoms with Crippen molar-refractivity contribution in [3.8, 4) is 22.4 Å². The lowest BCUT2D eigenvalue weighted by Gasteiger charge is -2.13. The first-order valence-corrected chi connectivity index (χ1v) is 11.7. The number of H-pyrrole nitrogens is 1. The lowest BCUT2D eigenvalue weighted by Crippen LogP contribution is -2.19. The normalized spacial score (nSPS) is 12.0. The van der Waals surface area contributed by atoms with Crippen molar-refractivity contribution in [1.29, 1.82) is 0 Å². The van der Waals surface area contributed by atoms with Crippen LogP contribution in [0, 0.1) is 18.6 Å². The van der Waals surface area contributed by atoms with Gasteiger partial charge in [-0.15, -0.1) is 0 Å². The number of hydrogen-bond acceptors (Lipinski definition) is 3. The van der Waals surface area contributed by atoms with Gasteiger partial charge in [0, 0.05) is 30.6 Å². The number of fused-ring (bicyclic) bond motifs is 1. The molecule has 8 heteroatoms. The van der Waals surface area contributed by atoms with Gasteiger partial charge >= 0.3 is 0 Å². The predicted molar refractivity (Wildman–Crippen MR) is 140 cm³/mol. The molecule has 0 saturated carbocycles. The van der Waals surface area contributed by atoms with Gasteiger partial charge in [-0.1, -0.05) is 24.3 Å². The Bertz CT molecular complexity index is 1690. The Kier molecular flexibility index (Phi) is 6.17. The Morgan fingerprint density at radius 1 is 1.00 bits per heavy atom. The highest BCUT2D eigenvalue weighted by atomic mass is 19.1. The minimum atomic E-state index is -0.528. The van der Waals surface area contributed by atoms with Crippen molar-refractivity contribution in [2.24, 2.45) is 7.05 Å². The summed E-state index contributed by atoms with van der Waals surface area (Å²) in [6, 6.07) is 15.3. The van der Waals surface area contributed by atoms with Crippen LogP contribution in [0.4, 0.5) is 14.6 Å². The summed E-state index contributed by atoms with van der Waals surface area (Å²) < 4.78 is 28.5. The Hall–Kier alpha value is -4.59. The fraction of sp³-hybridized carbons (Fsp3) is 0.138. The molecular formula is C29H24F2N4O2. The molecule has 2 N–H and O–H groups in total. The molecule has 1 amide bonds. The quantitative estimate of drug-likeness (QED) is 0.316. The molecule has 5 aromatic rings.